The van der Waals surface area contributed by atoms with E-state index in [0.717, 1.165) is 5.52 Å². The second-order valence-electron chi connectivity index (χ2n) is 5.47. The van der Waals surface area contributed by atoms with Crippen molar-refractivity contribution in [3.63, 3.8) is 0 Å². The van der Waals surface area contributed by atoms with Gasteiger partial charge in [-0.3, -0.25) is 19.6 Å². The lowest BCUT2D eigenvalue weighted by molar-refractivity contribution is -0.137. The summed E-state index contributed by atoms with van der Waals surface area (Å²) in [6.45, 7) is 1.73. The number of fused-ring (bicyclic) bond motifs is 1. The van der Waals surface area contributed by atoms with Crippen molar-refractivity contribution in [2.45, 2.75) is 25.2 Å². The molecule has 5 nitrogen and oxygen atoms in total. The van der Waals surface area contributed by atoms with E-state index in [1.807, 2.05) is 0 Å². The molecule has 1 aromatic carbocycles. The Morgan fingerprint density at radius 3 is 2.81 bits per heavy atom. The third-order valence-corrected chi connectivity index (χ3v) is 4.63. The van der Waals surface area contributed by atoms with Crippen LogP contribution in [0.3, 0.4) is 0 Å². The number of aryl methyl sites for hydroxylation is 1. The number of hydrogen-bond acceptors (Lipinski definition) is 3. The summed E-state index contributed by atoms with van der Waals surface area (Å²) in [5.41, 5.74) is 0.286. The van der Waals surface area contributed by atoms with Crippen molar-refractivity contribution in [3.8, 4) is 0 Å². The normalized spacial score (nSPS) is 22.7. The van der Waals surface area contributed by atoms with Crippen LogP contribution in [0, 0.1) is 5.82 Å². The largest absolute Gasteiger partial charge is 0.296 e. The van der Waals surface area contributed by atoms with E-state index >= 15 is 0 Å². The van der Waals surface area contributed by atoms with Crippen LogP contribution < -0.4 is 5.32 Å². The van der Waals surface area contributed by atoms with E-state index in [0.29, 0.717) is 22.0 Å². The van der Waals surface area contributed by atoms with Crippen molar-refractivity contribution in [2.75, 3.05) is 0 Å². The van der Waals surface area contributed by atoms with Crippen LogP contribution in [-0.2, 0) is 22.1 Å². The lowest BCUT2D eigenvalue weighted by Gasteiger charge is -2.30. The molecular formula is C14H13BrFN3O2. The first kappa shape index (κ1) is 14.2. The molecular weight excluding hydrogens is 341 g/mol. The molecule has 3 rings (SSSR count). The van der Waals surface area contributed by atoms with Crippen LogP contribution in [0.1, 0.15) is 25.5 Å². The SMILES string of the molecule is Cn1nc(C2(C)CCC(=O)NC2=O)c2cc(F)c(Br)cc21. The van der Waals surface area contributed by atoms with Crippen molar-refractivity contribution in [1.82, 2.24) is 15.1 Å². The van der Waals surface area contributed by atoms with Crippen molar-refractivity contribution >= 4 is 38.6 Å². The third-order valence-electron chi connectivity index (χ3n) is 4.02. The zero-order chi connectivity index (χ0) is 15.4. The van der Waals surface area contributed by atoms with Gasteiger partial charge in [0.05, 0.1) is 21.1 Å². The number of rotatable bonds is 1. The second kappa shape index (κ2) is 4.62. The molecule has 1 aromatic heterocycles. The molecule has 2 amide bonds. The first-order valence-electron chi connectivity index (χ1n) is 6.49. The number of aromatic nitrogens is 2. The zero-order valence-electron chi connectivity index (χ0n) is 11.5. The maximum atomic E-state index is 13.9. The van der Waals surface area contributed by atoms with E-state index in [1.54, 1.807) is 24.7 Å². The summed E-state index contributed by atoms with van der Waals surface area (Å²) in [6, 6.07) is 3.01. The van der Waals surface area contributed by atoms with Gasteiger partial charge in [-0.1, -0.05) is 0 Å². The summed E-state index contributed by atoms with van der Waals surface area (Å²) in [4.78, 5) is 23.6. The van der Waals surface area contributed by atoms with Crippen molar-refractivity contribution < 1.29 is 14.0 Å². The fraction of sp³-hybridized carbons (Fsp3) is 0.357. The van der Waals surface area contributed by atoms with E-state index in [2.05, 4.69) is 26.3 Å². The molecule has 1 N–H and O–H groups in total. The van der Waals surface area contributed by atoms with Gasteiger partial charge in [0.25, 0.3) is 0 Å². The van der Waals surface area contributed by atoms with Gasteiger partial charge in [-0.25, -0.2) is 4.39 Å². The number of benzene rings is 1. The minimum Gasteiger partial charge on any atom is -0.296 e. The van der Waals surface area contributed by atoms with Crippen molar-refractivity contribution in [2.24, 2.45) is 7.05 Å². The van der Waals surface area contributed by atoms with Crippen LogP contribution in [0.2, 0.25) is 0 Å². The molecule has 0 aliphatic carbocycles. The lowest BCUT2D eigenvalue weighted by atomic mass is 9.77. The first-order chi connectivity index (χ1) is 9.83. The van der Waals surface area contributed by atoms with Gasteiger partial charge in [0.15, 0.2) is 0 Å². The quantitative estimate of drug-likeness (QED) is 0.799. The summed E-state index contributed by atoms with van der Waals surface area (Å²) in [5.74, 6) is -1.08. The highest BCUT2D eigenvalue weighted by Gasteiger charge is 2.43. The summed E-state index contributed by atoms with van der Waals surface area (Å²) >= 11 is 3.15. The van der Waals surface area contributed by atoms with Crippen LogP contribution in [0.15, 0.2) is 16.6 Å². The van der Waals surface area contributed by atoms with Gasteiger partial charge in [-0.15, -0.1) is 0 Å². The van der Waals surface area contributed by atoms with E-state index in [1.165, 1.54) is 6.07 Å². The Kier molecular flexibility index (Phi) is 3.12. The van der Waals surface area contributed by atoms with Crippen LogP contribution in [0.5, 0.6) is 0 Å². The second-order valence-corrected chi connectivity index (χ2v) is 6.32. The summed E-state index contributed by atoms with van der Waals surface area (Å²) in [5, 5.41) is 7.33. The molecule has 110 valence electrons. The maximum Gasteiger partial charge on any atom is 0.238 e. The number of hydrogen-bond donors (Lipinski definition) is 1. The number of amides is 2. The third kappa shape index (κ3) is 2.07. The van der Waals surface area contributed by atoms with Crippen molar-refractivity contribution in [1.29, 1.82) is 0 Å². The molecule has 0 spiro atoms. The minimum atomic E-state index is -0.937. The smallest absolute Gasteiger partial charge is 0.238 e. The van der Waals surface area contributed by atoms with Crippen LogP contribution >= 0.6 is 15.9 Å². The van der Waals surface area contributed by atoms with Gasteiger partial charge in [0.1, 0.15) is 5.82 Å². The van der Waals surface area contributed by atoms with Gasteiger partial charge in [-0.05, 0) is 41.4 Å². The number of halogens is 2. The number of piperidine rings is 1. The molecule has 1 aliphatic heterocycles. The number of nitrogens with one attached hydrogen (secondary N) is 1. The molecule has 1 saturated heterocycles. The molecule has 7 heteroatoms. The number of imide groups is 1. The highest BCUT2D eigenvalue weighted by atomic mass is 79.9. The molecule has 0 radical (unpaired) electrons. The molecule has 2 aromatic rings. The molecule has 21 heavy (non-hydrogen) atoms. The Morgan fingerprint density at radius 1 is 1.43 bits per heavy atom. The van der Waals surface area contributed by atoms with Gasteiger partial charge < -0.3 is 0 Å². The minimum absolute atomic E-state index is 0.249. The Labute approximate surface area is 128 Å². The highest BCUT2D eigenvalue weighted by molar-refractivity contribution is 9.10. The Bertz CT molecular complexity index is 786. The van der Waals surface area contributed by atoms with Gasteiger partial charge >= 0.3 is 0 Å². The molecule has 1 unspecified atom stereocenters. The maximum absolute atomic E-state index is 13.9. The Balaban J connectivity index is 2.23. The molecule has 0 bridgehead atoms. The fourth-order valence-corrected chi connectivity index (χ4v) is 3.02. The summed E-state index contributed by atoms with van der Waals surface area (Å²) in [6.07, 6.45) is 0.612. The van der Waals surface area contributed by atoms with E-state index in [4.69, 9.17) is 0 Å². The van der Waals surface area contributed by atoms with Crippen molar-refractivity contribution in [3.05, 3.63) is 28.1 Å². The standard InChI is InChI=1S/C14H13BrFN3O2/c1-14(4-3-11(20)17-13(14)21)12-7-5-9(16)8(15)6-10(7)19(2)18-12/h5-6H,3-4H2,1-2H3,(H,17,20,21). The van der Waals surface area contributed by atoms with Gasteiger partial charge in [0, 0.05) is 18.9 Å². The number of nitrogens with zero attached hydrogens (tertiary/aromatic N) is 2. The average molecular weight is 354 g/mol. The van der Waals surface area contributed by atoms with Crippen LogP contribution in [0.4, 0.5) is 4.39 Å². The highest BCUT2D eigenvalue weighted by Crippen LogP contribution is 2.37. The summed E-state index contributed by atoms with van der Waals surface area (Å²) in [7, 11) is 1.74. The molecule has 2 heterocycles. The van der Waals surface area contributed by atoms with Gasteiger partial charge in [0.2, 0.25) is 11.8 Å². The average Bonchev–Trinajstić information content (AvgIpc) is 2.73. The lowest BCUT2D eigenvalue weighted by Crippen LogP contribution is -2.50. The summed E-state index contributed by atoms with van der Waals surface area (Å²) < 4.78 is 15.8. The predicted molar refractivity (Wildman–Crippen MR) is 78.1 cm³/mol. The van der Waals surface area contributed by atoms with Crippen LogP contribution in [0.25, 0.3) is 10.9 Å². The molecule has 1 atom stereocenters. The molecule has 1 aliphatic rings. The number of carbonyl (C=O) groups is 2. The monoisotopic (exact) mass is 353 g/mol. The van der Waals surface area contributed by atoms with E-state index in [-0.39, 0.29) is 18.2 Å². The molecule has 0 saturated carbocycles. The first-order valence-corrected chi connectivity index (χ1v) is 7.29. The van der Waals surface area contributed by atoms with E-state index in [9.17, 15) is 14.0 Å². The Morgan fingerprint density at radius 2 is 2.14 bits per heavy atom. The van der Waals surface area contributed by atoms with E-state index < -0.39 is 11.2 Å². The predicted octanol–water partition coefficient (Wildman–Crippen LogP) is 2.17. The topological polar surface area (TPSA) is 64.0 Å². The fourth-order valence-electron chi connectivity index (χ4n) is 2.69. The van der Waals surface area contributed by atoms with Crippen LogP contribution in [-0.4, -0.2) is 21.6 Å². The Hall–Kier alpha value is -1.76. The van der Waals surface area contributed by atoms with Gasteiger partial charge in [-0.2, -0.15) is 5.10 Å². The zero-order valence-corrected chi connectivity index (χ0v) is 13.1. The number of carbonyl (C=O) groups excluding carboxylic acids is 2. The molecule has 1 fully saturated rings.